The van der Waals surface area contributed by atoms with Crippen LogP contribution < -0.4 is 10.2 Å². The summed E-state index contributed by atoms with van der Waals surface area (Å²) in [6.45, 7) is 3.14. The molecule has 1 aromatic heterocycles. The SMILES string of the molecule is CN(CC1CCNC1)c1nc2ccccc2nc1Cl. The van der Waals surface area contributed by atoms with Gasteiger partial charge >= 0.3 is 0 Å². The van der Waals surface area contributed by atoms with Gasteiger partial charge in [-0.25, -0.2) is 9.97 Å². The lowest BCUT2D eigenvalue weighted by molar-refractivity contribution is 0.576. The van der Waals surface area contributed by atoms with E-state index in [2.05, 4.69) is 20.2 Å². The fraction of sp³-hybridized carbons (Fsp3) is 0.429. The fourth-order valence-corrected chi connectivity index (χ4v) is 2.83. The quantitative estimate of drug-likeness (QED) is 0.934. The number of nitrogens with one attached hydrogen (secondary N) is 1. The molecular formula is C14H17ClN4. The molecule has 1 aliphatic heterocycles. The molecule has 1 unspecified atom stereocenters. The van der Waals surface area contributed by atoms with Gasteiger partial charge in [0.15, 0.2) is 11.0 Å². The minimum Gasteiger partial charge on any atom is -0.357 e. The Morgan fingerprint density at radius 3 is 2.74 bits per heavy atom. The molecular weight excluding hydrogens is 260 g/mol. The zero-order valence-electron chi connectivity index (χ0n) is 10.9. The predicted molar refractivity (Wildman–Crippen MR) is 78.8 cm³/mol. The third-order valence-electron chi connectivity index (χ3n) is 3.57. The molecule has 0 amide bonds. The van der Waals surface area contributed by atoms with Crippen LogP contribution >= 0.6 is 11.6 Å². The van der Waals surface area contributed by atoms with Crippen molar-refractivity contribution < 1.29 is 0 Å². The summed E-state index contributed by atoms with van der Waals surface area (Å²) in [5.74, 6) is 1.43. The summed E-state index contributed by atoms with van der Waals surface area (Å²) in [6.07, 6.45) is 1.21. The molecule has 4 nitrogen and oxygen atoms in total. The van der Waals surface area contributed by atoms with Crippen LogP contribution in [0.1, 0.15) is 6.42 Å². The Kier molecular flexibility index (Phi) is 3.53. The van der Waals surface area contributed by atoms with Crippen molar-refractivity contribution >= 4 is 28.5 Å². The summed E-state index contributed by atoms with van der Waals surface area (Å²) in [5.41, 5.74) is 1.73. The Balaban J connectivity index is 1.88. The first kappa shape index (κ1) is 12.6. The molecule has 0 saturated carbocycles. The van der Waals surface area contributed by atoms with Gasteiger partial charge in [-0.1, -0.05) is 23.7 Å². The standard InChI is InChI=1S/C14H17ClN4/c1-19(9-10-6-7-16-8-10)14-13(15)17-11-4-2-3-5-12(11)18-14/h2-5,10,16H,6-9H2,1H3. The van der Waals surface area contributed by atoms with Crippen LogP contribution in [0.5, 0.6) is 0 Å². The van der Waals surface area contributed by atoms with Gasteiger partial charge in [0.2, 0.25) is 0 Å². The monoisotopic (exact) mass is 276 g/mol. The summed E-state index contributed by atoms with van der Waals surface area (Å²) >= 11 is 6.25. The Morgan fingerprint density at radius 2 is 2.05 bits per heavy atom. The fourth-order valence-electron chi connectivity index (χ4n) is 2.56. The lowest BCUT2D eigenvalue weighted by Gasteiger charge is -2.22. The predicted octanol–water partition coefficient (Wildman–Crippen LogP) is 2.33. The van der Waals surface area contributed by atoms with E-state index in [1.54, 1.807) is 0 Å². The number of benzene rings is 1. The van der Waals surface area contributed by atoms with Crippen molar-refractivity contribution in [3.63, 3.8) is 0 Å². The molecule has 19 heavy (non-hydrogen) atoms. The number of aromatic nitrogens is 2. The Bertz CT molecular complexity index is 581. The molecule has 2 aromatic rings. The van der Waals surface area contributed by atoms with Gasteiger partial charge in [0.05, 0.1) is 11.0 Å². The van der Waals surface area contributed by atoms with E-state index in [0.717, 1.165) is 36.5 Å². The first-order valence-corrected chi connectivity index (χ1v) is 6.96. The molecule has 0 spiro atoms. The molecule has 1 aliphatic rings. The first-order valence-electron chi connectivity index (χ1n) is 6.58. The van der Waals surface area contributed by atoms with Gasteiger partial charge in [0, 0.05) is 13.6 Å². The highest BCUT2D eigenvalue weighted by atomic mass is 35.5. The molecule has 5 heteroatoms. The van der Waals surface area contributed by atoms with Crippen molar-refractivity contribution in [2.75, 3.05) is 31.6 Å². The Morgan fingerprint density at radius 1 is 1.32 bits per heavy atom. The van der Waals surface area contributed by atoms with Crippen LogP contribution in [0.2, 0.25) is 5.15 Å². The molecule has 0 bridgehead atoms. The largest absolute Gasteiger partial charge is 0.357 e. The maximum Gasteiger partial charge on any atom is 0.172 e. The van der Waals surface area contributed by atoms with Gasteiger partial charge in [-0.3, -0.25) is 0 Å². The van der Waals surface area contributed by atoms with Crippen molar-refractivity contribution in [3.8, 4) is 0 Å². The normalized spacial score (nSPS) is 18.9. The van der Waals surface area contributed by atoms with Crippen LogP contribution in [0, 0.1) is 5.92 Å². The second-order valence-electron chi connectivity index (χ2n) is 5.07. The van der Waals surface area contributed by atoms with Gasteiger partial charge in [-0.2, -0.15) is 0 Å². The smallest absolute Gasteiger partial charge is 0.172 e. The van der Waals surface area contributed by atoms with Gasteiger partial charge in [0.1, 0.15) is 0 Å². The number of para-hydroxylation sites is 2. The lowest BCUT2D eigenvalue weighted by Crippen LogP contribution is -2.27. The van der Waals surface area contributed by atoms with Gasteiger partial charge in [-0.15, -0.1) is 0 Å². The van der Waals surface area contributed by atoms with Crippen molar-refractivity contribution in [1.82, 2.24) is 15.3 Å². The molecule has 2 heterocycles. The molecule has 1 atom stereocenters. The number of halogens is 1. The second kappa shape index (κ2) is 5.31. The molecule has 1 N–H and O–H groups in total. The minimum absolute atomic E-state index is 0.479. The van der Waals surface area contributed by atoms with E-state index < -0.39 is 0 Å². The highest BCUT2D eigenvalue weighted by Crippen LogP contribution is 2.25. The Hall–Kier alpha value is -1.39. The van der Waals surface area contributed by atoms with Crippen LogP contribution in [0.3, 0.4) is 0 Å². The maximum absolute atomic E-state index is 6.25. The van der Waals surface area contributed by atoms with E-state index in [1.165, 1.54) is 6.42 Å². The Labute approximate surface area is 117 Å². The third kappa shape index (κ3) is 2.65. The van der Waals surface area contributed by atoms with E-state index in [0.29, 0.717) is 11.1 Å². The number of rotatable bonds is 3. The molecule has 1 saturated heterocycles. The van der Waals surface area contributed by atoms with E-state index in [-0.39, 0.29) is 0 Å². The molecule has 3 rings (SSSR count). The molecule has 0 aliphatic carbocycles. The second-order valence-corrected chi connectivity index (χ2v) is 5.42. The number of anilines is 1. The summed E-state index contributed by atoms with van der Waals surface area (Å²) in [4.78, 5) is 11.2. The van der Waals surface area contributed by atoms with Crippen molar-refractivity contribution in [1.29, 1.82) is 0 Å². The van der Waals surface area contributed by atoms with Gasteiger partial charge in [-0.05, 0) is 37.6 Å². The molecule has 1 fully saturated rings. The number of hydrogen-bond acceptors (Lipinski definition) is 4. The average Bonchev–Trinajstić information content (AvgIpc) is 2.90. The van der Waals surface area contributed by atoms with Crippen LogP contribution in [0.15, 0.2) is 24.3 Å². The van der Waals surface area contributed by atoms with Crippen LogP contribution in [0.4, 0.5) is 5.82 Å². The summed E-state index contributed by atoms with van der Waals surface area (Å²) in [5, 5.41) is 3.86. The third-order valence-corrected chi connectivity index (χ3v) is 3.82. The van der Waals surface area contributed by atoms with Gasteiger partial charge < -0.3 is 10.2 Å². The van der Waals surface area contributed by atoms with Crippen molar-refractivity contribution in [2.45, 2.75) is 6.42 Å². The molecule has 1 aromatic carbocycles. The van der Waals surface area contributed by atoms with E-state index in [9.17, 15) is 0 Å². The highest BCUT2D eigenvalue weighted by Gasteiger charge is 2.19. The van der Waals surface area contributed by atoms with Crippen LogP contribution in [0.25, 0.3) is 11.0 Å². The van der Waals surface area contributed by atoms with Crippen molar-refractivity contribution in [3.05, 3.63) is 29.4 Å². The zero-order chi connectivity index (χ0) is 13.2. The zero-order valence-corrected chi connectivity index (χ0v) is 11.7. The summed E-state index contributed by atoms with van der Waals surface area (Å²) < 4.78 is 0. The minimum atomic E-state index is 0.479. The van der Waals surface area contributed by atoms with Crippen LogP contribution in [-0.2, 0) is 0 Å². The average molecular weight is 277 g/mol. The summed E-state index contributed by atoms with van der Waals surface area (Å²) in [7, 11) is 2.03. The first-order chi connectivity index (χ1) is 9.24. The van der Waals surface area contributed by atoms with E-state index in [4.69, 9.17) is 11.6 Å². The van der Waals surface area contributed by atoms with Crippen LogP contribution in [-0.4, -0.2) is 36.6 Å². The number of hydrogen-bond donors (Lipinski definition) is 1. The topological polar surface area (TPSA) is 41.0 Å². The summed E-state index contributed by atoms with van der Waals surface area (Å²) in [6, 6.07) is 7.81. The lowest BCUT2D eigenvalue weighted by atomic mass is 10.1. The maximum atomic E-state index is 6.25. The number of nitrogens with zero attached hydrogens (tertiary/aromatic N) is 3. The van der Waals surface area contributed by atoms with Gasteiger partial charge in [0.25, 0.3) is 0 Å². The van der Waals surface area contributed by atoms with E-state index in [1.807, 2.05) is 31.3 Å². The molecule has 100 valence electrons. The molecule has 0 radical (unpaired) electrons. The van der Waals surface area contributed by atoms with Crippen molar-refractivity contribution in [2.24, 2.45) is 5.92 Å². The van der Waals surface area contributed by atoms with E-state index >= 15 is 0 Å². The number of fused-ring (bicyclic) bond motifs is 1. The highest BCUT2D eigenvalue weighted by molar-refractivity contribution is 6.32.